The zero-order valence-corrected chi connectivity index (χ0v) is 12.8. The first-order chi connectivity index (χ1) is 10.8. The molecule has 1 aliphatic rings. The summed E-state index contributed by atoms with van der Waals surface area (Å²) in [5.74, 6) is 2.78. The lowest BCUT2D eigenvalue weighted by Crippen LogP contribution is -2.01. The molecular weight excluding hydrogens is 298 g/mol. The summed E-state index contributed by atoms with van der Waals surface area (Å²) in [4.78, 5) is 21.3. The van der Waals surface area contributed by atoms with Crippen molar-refractivity contribution in [1.82, 2.24) is 14.4 Å². The molecule has 22 heavy (non-hydrogen) atoms. The molecule has 6 heteroatoms. The van der Waals surface area contributed by atoms with Crippen LogP contribution in [0.5, 0.6) is 5.88 Å². The Morgan fingerprint density at radius 2 is 2.05 bits per heavy atom. The quantitative estimate of drug-likeness (QED) is 0.696. The SMILES string of the molecule is COc1nc2nc(C(=O)c3ccccc3)cn2c2c1CSC2. The van der Waals surface area contributed by atoms with E-state index in [1.54, 1.807) is 25.4 Å². The van der Waals surface area contributed by atoms with Crippen molar-refractivity contribution in [3.63, 3.8) is 0 Å². The van der Waals surface area contributed by atoms with E-state index in [1.165, 1.54) is 0 Å². The Labute approximate surface area is 131 Å². The third kappa shape index (κ3) is 1.99. The molecule has 3 aromatic rings. The van der Waals surface area contributed by atoms with Crippen molar-refractivity contribution >= 4 is 23.3 Å². The number of methoxy groups -OCH3 is 1. The van der Waals surface area contributed by atoms with Gasteiger partial charge >= 0.3 is 0 Å². The largest absolute Gasteiger partial charge is 0.481 e. The first kappa shape index (κ1) is 13.3. The van der Waals surface area contributed by atoms with E-state index in [9.17, 15) is 4.79 Å². The average Bonchev–Trinajstić information content (AvgIpc) is 3.20. The number of hydrogen-bond acceptors (Lipinski definition) is 5. The second-order valence-electron chi connectivity index (χ2n) is 5.03. The molecule has 0 fully saturated rings. The number of fused-ring (bicyclic) bond motifs is 3. The molecule has 0 bridgehead atoms. The highest BCUT2D eigenvalue weighted by Gasteiger charge is 2.23. The summed E-state index contributed by atoms with van der Waals surface area (Å²) < 4.78 is 7.27. The van der Waals surface area contributed by atoms with Crippen molar-refractivity contribution in [2.45, 2.75) is 11.5 Å². The Morgan fingerprint density at radius 3 is 2.82 bits per heavy atom. The van der Waals surface area contributed by atoms with Gasteiger partial charge in [-0.1, -0.05) is 30.3 Å². The van der Waals surface area contributed by atoms with E-state index in [0.29, 0.717) is 22.9 Å². The summed E-state index contributed by atoms with van der Waals surface area (Å²) in [6.45, 7) is 0. The van der Waals surface area contributed by atoms with Crippen molar-refractivity contribution in [1.29, 1.82) is 0 Å². The van der Waals surface area contributed by atoms with Crippen LogP contribution in [0.3, 0.4) is 0 Å². The molecule has 1 aliphatic heterocycles. The normalized spacial score (nSPS) is 13.3. The van der Waals surface area contributed by atoms with Gasteiger partial charge in [0, 0.05) is 34.5 Å². The number of thioether (sulfide) groups is 1. The maximum Gasteiger partial charge on any atom is 0.238 e. The van der Waals surface area contributed by atoms with Gasteiger partial charge in [-0.05, 0) is 0 Å². The van der Waals surface area contributed by atoms with Crippen LogP contribution in [-0.2, 0) is 11.5 Å². The Morgan fingerprint density at radius 1 is 1.23 bits per heavy atom. The van der Waals surface area contributed by atoms with Crippen LogP contribution >= 0.6 is 11.8 Å². The number of rotatable bonds is 3. The highest BCUT2D eigenvalue weighted by Crippen LogP contribution is 2.35. The monoisotopic (exact) mass is 311 g/mol. The number of nitrogens with zero attached hydrogens (tertiary/aromatic N) is 3. The van der Waals surface area contributed by atoms with Crippen molar-refractivity contribution in [2.24, 2.45) is 0 Å². The standard InChI is InChI=1S/C16H13N3O2S/c1-21-15-11-8-22-9-13(11)19-7-12(17-16(19)18-15)14(20)10-5-3-2-4-6-10/h2-7H,8-9H2,1H3. The van der Waals surface area contributed by atoms with Gasteiger partial charge in [0.2, 0.25) is 17.4 Å². The molecular formula is C16H13N3O2S. The topological polar surface area (TPSA) is 56.5 Å². The van der Waals surface area contributed by atoms with Gasteiger partial charge in [-0.2, -0.15) is 16.7 Å². The van der Waals surface area contributed by atoms with Crippen LogP contribution in [0.15, 0.2) is 36.5 Å². The molecule has 0 radical (unpaired) electrons. The summed E-state index contributed by atoms with van der Waals surface area (Å²) in [6.07, 6.45) is 1.78. The molecule has 4 rings (SSSR count). The predicted octanol–water partition coefficient (Wildman–Crippen LogP) is 2.72. The minimum atomic E-state index is -0.0931. The van der Waals surface area contributed by atoms with Gasteiger partial charge in [0.05, 0.1) is 7.11 Å². The van der Waals surface area contributed by atoms with E-state index in [4.69, 9.17) is 4.74 Å². The first-order valence-electron chi connectivity index (χ1n) is 6.90. The van der Waals surface area contributed by atoms with Crippen LogP contribution in [0.2, 0.25) is 0 Å². The fourth-order valence-electron chi connectivity index (χ4n) is 2.64. The number of ketones is 1. The van der Waals surface area contributed by atoms with Crippen molar-refractivity contribution in [3.05, 3.63) is 59.0 Å². The maximum atomic E-state index is 12.5. The van der Waals surface area contributed by atoms with E-state index in [-0.39, 0.29) is 5.78 Å². The Balaban J connectivity index is 1.86. The van der Waals surface area contributed by atoms with Crippen LogP contribution in [0.1, 0.15) is 27.3 Å². The summed E-state index contributed by atoms with van der Waals surface area (Å²) >= 11 is 1.81. The highest BCUT2D eigenvalue weighted by molar-refractivity contribution is 7.98. The molecule has 3 heterocycles. The number of imidazole rings is 1. The van der Waals surface area contributed by atoms with Crippen molar-refractivity contribution < 1.29 is 9.53 Å². The van der Waals surface area contributed by atoms with Crippen LogP contribution in [0.25, 0.3) is 5.78 Å². The Bertz CT molecular complexity index is 874. The Kier molecular flexibility index (Phi) is 3.11. The number of benzene rings is 1. The Hall–Kier alpha value is -2.34. The molecule has 1 aromatic carbocycles. The van der Waals surface area contributed by atoms with Gasteiger partial charge in [0.25, 0.3) is 0 Å². The smallest absolute Gasteiger partial charge is 0.238 e. The molecule has 0 unspecified atom stereocenters. The molecule has 0 saturated carbocycles. The third-order valence-corrected chi connectivity index (χ3v) is 4.70. The van der Waals surface area contributed by atoms with Crippen LogP contribution in [0.4, 0.5) is 0 Å². The fraction of sp³-hybridized carbons (Fsp3) is 0.188. The summed E-state index contributed by atoms with van der Waals surface area (Å²) in [7, 11) is 1.61. The van der Waals surface area contributed by atoms with Crippen LogP contribution < -0.4 is 4.74 Å². The van der Waals surface area contributed by atoms with Gasteiger partial charge in [0.15, 0.2) is 0 Å². The first-order valence-corrected chi connectivity index (χ1v) is 8.05. The fourth-order valence-corrected chi connectivity index (χ4v) is 3.75. The number of carbonyl (C=O) groups is 1. The molecule has 0 saturated heterocycles. The summed E-state index contributed by atoms with van der Waals surface area (Å²) in [6, 6.07) is 9.16. The minimum absolute atomic E-state index is 0.0931. The zero-order chi connectivity index (χ0) is 15.1. The average molecular weight is 311 g/mol. The van der Waals surface area contributed by atoms with Gasteiger partial charge in [0.1, 0.15) is 5.69 Å². The van der Waals surface area contributed by atoms with Gasteiger partial charge in [-0.3, -0.25) is 9.20 Å². The van der Waals surface area contributed by atoms with E-state index in [0.717, 1.165) is 22.8 Å². The second kappa shape index (κ2) is 5.14. The summed E-state index contributed by atoms with van der Waals surface area (Å²) in [5.41, 5.74) is 3.25. The molecule has 0 atom stereocenters. The molecule has 0 N–H and O–H groups in total. The lowest BCUT2D eigenvalue weighted by molar-refractivity contribution is 0.103. The van der Waals surface area contributed by atoms with E-state index in [2.05, 4.69) is 9.97 Å². The van der Waals surface area contributed by atoms with Crippen LogP contribution in [0, 0.1) is 0 Å². The number of carbonyl (C=O) groups excluding carboxylic acids is 1. The van der Waals surface area contributed by atoms with Gasteiger partial charge < -0.3 is 4.74 Å². The molecule has 2 aromatic heterocycles. The predicted molar refractivity (Wildman–Crippen MR) is 84.4 cm³/mol. The second-order valence-corrected chi connectivity index (χ2v) is 6.02. The van der Waals surface area contributed by atoms with Gasteiger partial charge in [-0.15, -0.1) is 0 Å². The number of hydrogen-bond donors (Lipinski definition) is 0. The summed E-state index contributed by atoms with van der Waals surface area (Å²) in [5, 5.41) is 0. The lowest BCUT2D eigenvalue weighted by Gasteiger charge is -2.06. The van der Waals surface area contributed by atoms with E-state index in [1.807, 2.05) is 34.4 Å². The molecule has 110 valence electrons. The van der Waals surface area contributed by atoms with Crippen molar-refractivity contribution in [3.8, 4) is 5.88 Å². The molecule has 0 aliphatic carbocycles. The molecule has 0 amide bonds. The highest BCUT2D eigenvalue weighted by atomic mass is 32.2. The van der Waals surface area contributed by atoms with Crippen molar-refractivity contribution in [2.75, 3.05) is 7.11 Å². The molecule has 5 nitrogen and oxygen atoms in total. The maximum absolute atomic E-state index is 12.5. The van der Waals surface area contributed by atoms with Crippen LogP contribution in [-0.4, -0.2) is 27.3 Å². The third-order valence-electron chi connectivity index (χ3n) is 3.73. The van der Waals surface area contributed by atoms with Gasteiger partial charge in [-0.25, -0.2) is 4.98 Å². The lowest BCUT2D eigenvalue weighted by atomic mass is 10.1. The zero-order valence-electron chi connectivity index (χ0n) is 11.9. The van der Waals surface area contributed by atoms with E-state index < -0.39 is 0 Å². The molecule has 0 spiro atoms. The number of aromatic nitrogens is 3. The van der Waals surface area contributed by atoms with E-state index >= 15 is 0 Å². The number of ether oxygens (including phenoxy) is 1. The minimum Gasteiger partial charge on any atom is -0.481 e.